The monoisotopic (exact) mass is 438 g/mol. The second-order valence-corrected chi connectivity index (χ2v) is 7.75. The van der Waals surface area contributed by atoms with E-state index < -0.39 is 23.5 Å². The first-order valence-electron chi connectivity index (χ1n) is 9.18. The molecule has 1 amide bonds. The maximum absolute atomic E-state index is 13.3. The van der Waals surface area contributed by atoms with Gasteiger partial charge < -0.3 is 10.0 Å². The maximum Gasteiger partial charge on any atom is 0.295 e. The van der Waals surface area contributed by atoms with Crippen LogP contribution in [0, 0.1) is 0 Å². The predicted octanol–water partition coefficient (Wildman–Crippen LogP) is 3.23. The highest BCUT2D eigenvalue weighted by atomic mass is 35.5. The number of halogens is 2. The summed E-state index contributed by atoms with van der Waals surface area (Å²) in [6.45, 7) is 0.173. The molecule has 150 valence electrons. The number of carbonyl (C=O) groups is 2. The summed E-state index contributed by atoms with van der Waals surface area (Å²) in [5, 5.41) is 14.2. The molecule has 1 unspecified atom stereocenters. The van der Waals surface area contributed by atoms with E-state index in [0.717, 1.165) is 5.56 Å². The van der Waals surface area contributed by atoms with E-state index >= 15 is 0 Å². The fourth-order valence-corrected chi connectivity index (χ4v) is 3.76. The Morgan fingerprint density at radius 3 is 2.20 bits per heavy atom. The van der Waals surface area contributed by atoms with Gasteiger partial charge in [0.05, 0.1) is 12.6 Å². The Bertz CT molecular complexity index is 1130. The number of carbonyl (C=O) groups excluding carboxylic acids is 2. The van der Waals surface area contributed by atoms with Crippen molar-refractivity contribution < 1.29 is 19.7 Å². The number of rotatable bonds is 4. The summed E-state index contributed by atoms with van der Waals surface area (Å²) in [4.78, 5) is 30.2. The fourth-order valence-electron chi connectivity index (χ4n) is 3.51. The molecule has 1 aromatic heterocycles. The van der Waals surface area contributed by atoms with Crippen LogP contribution in [0.4, 0.5) is 0 Å². The van der Waals surface area contributed by atoms with Crippen molar-refractivity contribution in [3.05, 3.63) is 105 Å². The lowest BCUT2D eigenvalue weighted by Crippen LogP contribution is -2.29. The molecule has 30 heavy (non-hydrogen) atoms. The number of pyridine rings is 1. The van der Waals surface area contributed by atoms with E-state index in [4.69, 9.17) is 23.2 Å². The Kier molecular flexibility index (Phi) is 5.57. The van der Waals surface area contributed by atoms with Crippen molar-refractivity contribution in [2.75, 3.05) is 0 Å². The molecule has 0 radical (unpaired) electrons. The second-order valence-electron chi connectivity index (χ2n) is 6.88. The Balaban J connectivity index is 1.85. The molecule has 1 N–H and O–H groups in total. The van der Waals surface area contributed by atoms with Crippen LogP contribution in [0.3, 0.4) is 0 Å². The molecule has 1 saturated heterocycles. The third-order valence-corrected chi connectivity index (χ3v) is 5.45. The van der Waals surface area contributed by atoms with Crippen molar-refractivity contribution in [1.82, 2.24) is 4.90 Å². The molecule has 7 heteroatoms. The molecule has 3 aromatic rings. The third kappa shape index (κ3) is 3.82. The summed E-state index contributed by atoms with van der Waals surface area (Å²) in [5.74, 6) is -2.00. The molecular weight excluding hydrogens is 423 g/mol. The summed E-state index contributed by atoms with van der Waals surface area (Å²) in [5.41, 5.74) is 1.66. The number of nitrogens with zero attached hydrogens (tertiary/aromatic N) is 1. The van der Waals surface area contributed by atoms with Gasteiger partial charge in [-0.1, -0.05) is 53.2 Å². The van der Waals surface area contributed by atoms with Gasteiger partial charge >= 0.3 is 0 Å². The SMILES string of the molecule is O=C1C(=O)N(Cc2ccc[nH+]c2)C(c2ccc(Cl)cc2)/C1=C(\[O-])c1ccc(Cl)cc1. The van der Waals surface area contributed by atoms with Crippen molar-refractivity contribution in [3.63, 3.8) is 0 Å². The zero-order valence-corrected chi connectivity index (χ0v) is 17.2. The van der Waals surface area contributed by atoms with Gasteiger partial charge in [0.15, 0.2) is 12.4 Å². The molecule has 5 nitrogen and oxygen atoms in total. The second kappa shape index (κ2) is 8.30. The first-order valence-corrected chi connectivity index (χ1v) is 9.94. The van der Waals surface area contributed by atoms with Crippen LogP contribution >= 0.6 is 23.2 Å². The zero-order valence-electron chi connectivity index (χ0n) is 15.6. The highest BCUT2D eigenvalue weighted by molar-refractivity contribution is 6.46. The Morgan fingerprint density at radius 2 is 1.60 bits per heavy atom. The van der Waals surface area contributed by atoms with E-state index in [2.05, 4.69) is 4.98 Å². The normalized spacial score (nSPS) is 18.1. The molecule has 2 heterocycles. The summed E-state index contributed by atoms with van der Waals surface area (Å²) < 4.78 is 0. The number of nitrogens with one attached hydrogen (secondary N) is 1. The van der Waals surface area contributed by atoms with Gasteiger partial charge in [-0.2, -0.15) is 0 Å². The first kappa shape index (κ1) is 20.1. The summed E-state index contributed by atoms with van der Waals surface area (Å²) >= 11 is 11.9. The van der Waals surface area contributed by atoms with Gasteiger partial charge in [0.25, 0.3) is 5.91 Å². The molecule has 1 atom stereocenters. The lowest BCUT2D eigenvalue weighted by atomic mass is 9.95. The Hall–Kier alpha value is -3.15. The van der Waals surface area contributed by atoms with E-state index in [1.54, 1.807) is 67.0 Å². The Morgan fingerprint density at radius 1 is 0.967 bits per heavy atom. The molecular formula is C23H16Cl2N2O3. The largest absolute Gasteiger partial charge is 0.872 e. The molecule has 1 fully saturated rings. The molecule has 0 saturated carbocycles. The van der Waals surface area contributed by atoms with Gasteiger partial charge in [0.1, 0.15) is 0 Å². The van der Waals surface area contributed by atoms with Crippen LogP contribution in [0.25, 0.3) is 5.76 Å². The van der Waals surface area contributed by atoms with Crippen molar-refractivity contribution >= 4 is 40.7 Å². The minimum Gasteiger partial charge on any atom is -0.872 e. The standard InChI is InChI=1S/C23H16Cl2N2O3/c24-17-7-3-15(4-8-17)20-19(21(28)16-5-9-18(25)10-6-16)22(29)23(30)27(20)13-14-2-1-11-26-12-14/h1-12,20,28H,13H2/b21-19+. The average molecular weight is 439 g/mol. The number of benzene rings is 2. The molecule has 1 aliphatic heterocycles. The number of hydrogen-bond acceptors (Lipinski definition) is 3. The fraction of sp³-hybridized carbons (Fsp3) is 0.0870. The number of amides is 1. The highest BCUT2D eigenvalue weighted by Gasteiger charge is 2.44. The molecule has 0 spiro atoms. The number of H-pyrrole nitrogens is 1. The lowest BCUT2D eigenvalue weighted by Gasteiger charge is -2.27. The molecule has 0 aliphatic carbocycles. The van der Waals surface area contributed by atoms with Gasteiger partial charge in [-0.05, 0) is 41.5 Å². The smallest absolute Gasteiger partial charge is 0.295 e. The maximum atomic E-state index is 13.3. The van der Waals surface area contributed by atoms with E-state index in [0.29, 0.717) is 21.2 Å². The van der Waals surface area contributed by atoms with Crippen LogP contribution in [0.1, 0.15) is 22.7 Å². The number of hydrogen-bond donors (Lipinski definition) is 0. The summed E-state index contributed by atoms with van der Waals surface area (Å²) in [6.07, 6.45) is 3.49. The molecule has 4 rings (SSSR count). The van der Waals surface area contributed by atoms with E-state index in [9.17, 15) is 14.7 Å². The van der Waals surface area contributed by atoms with Crippen LogP contribution in [0.2, 0.25) is 10.0 Å². The minimum absolute atomic E-state index is 0.0791. The Labute approximate surface area is 183 Å². The van der Waals surface area contributed by atoms with Gasteiger partial charge in [0.2, 0.25) is 5.78 Å². The average Bonchev–Trinajstić information content (AvgIpc) is 3.00. The van der Waals surface area contributed by atoms with Crippen LogP contribution < -0.4 is 10.1 Å². The molecule has 1 aliphatic rings. The number of ketones is 1. The van der Waals surface area contributed by atoms with E-state index in [1.807, 2.05) is 6.07 Å². The van der Waals surface area contributed by atoms with Crippen molar-refractivity contribution in [1.29, 1.82) is 0 Å². The van der Waals surface area contributed by atoms with Gasteiger partial charge in [-0.25, -0.2) is 4.98 Å². The van der Waals surface area contributed by atoms with Gasteiger partial charge in [-0.3, -0.25) is 9.59 Å². The van der Waals surface area contributed by atoms with Crippen molar-refractivity contribution in [3.8, 4) is 0 Å². The first-order chi connectivity index (χ1) is 14.5. The predicted molar refractivity (Wildman–Crippen MR) is 111 cm³/mol. The van der Waals surface area contributed by atoms with Crippen LogP contribution in [-0.2, 0) is 16.1 Å². The lowest BCUT2D eigenvalue weighted by molar-refractivity contribution is -0.378. The molecule has 0 bridgehead atoms. The molecule has 2 aromatic carbocycles. The van der Waals surface area contributed by atoms with Crippen molar-refractivity contribution in [2.45, 2.75) is 12.6 Å². The quantitative estimate of drug-likeness (QED) is 0.356. The number of aromatic amines is 1. The number of likely N-dealkylation sites (tertiary alicyclic amines) is 1. The van der Waals surface area contributed by atoms with Crippen LogP contribution in [0.5, 0.6) is 0 Å². The van der Waals surface area contributed by atoms with Crippen LogP contribution in [0.15, 0.2) is 78.6 Å². The third-order valence-electron chi connectivity index (χ3n) is 4.95. The number of aromatic nitrogens is 1. The van der Waals surface area contributed by atoms with Gasteiger partial charge in [-0.15, -0.1) is 0 Å². The van der Waals surface area contributed by atoms with Crippen LogP contribution in [-0.4, -0.2) is 16.6 Å². The van der Waals surface area contributed by atoms with Crippen molar-refractivity contribution in [2.24, 2.45) is 0 Å². The summed E-state index contributed by atoms with van der Waals surface area (Å²) in [7, 11) is 0. The zero-order chi connectivity index (χ0) is 21.3. The van der Waals surface area contributed by atoms with E-state index in [-0.39, 0.29) is 12.1 Å². The van der Waals surface area contributed by atoms with E-state index in [1.165, 1.54) is 4.90 Å². The highest BCUT2D eigenvalue weighted by Crippen LogP contribution is 2.39. The topological polar surface area (TPSA) is 74.6 Å². The minimum atomic E-state index is -0.814. The number of Topliss-reactive ketones (excluding diaryl/α,β-unsaturated/α-hetero) is 1. The summed E-state index contributed by atoms with van der Waals surface area (Å²) in [6, 6.07) is 15.8. The van der Waals surface area contributed by atoms with Gasteiger partial charge in [0, 0.05) is 27.2 Å².